The van der Waals surface area contributed by atoms with Crippen molar-refractivity contribution in [1.29, 1.82) is 0 Å². The highest BCUT2D eigenvalue weighted by atomic mass is 35.5. The summed E-state index contributed by atoms with van der Waals surface area (Å²) in [6.45, 7) is 1.85. The number of benzene rings is 1. The molecule has 82 valence electrons. The van der Waals surface area contributed by atoms with E-state index in [1.54, 1.807) is 12.1 Å². The van der Waals surface area contributed by atoms with Gasteiger partial charge in [0.1, 0.15) is 0 Å². The topological polar surface area (TPSA) is 63.6 Å². The minimum absolute atomic E-state index is 0.498. The van der Waals surface area contributed by atoms with E-state index in [0.29, 0.717) is 15.8 Å². The summed E-state index contributed by atoms with van der Waals surface area (Å²) in [6, 6.07) is 7.18. The van der Waals surface area contributed by atoms with Crippen LogP contribution in [0.25, 0.3) is 0 Å². The lowest BCUT2D eigenvalue weighted by Gasteiger charge is -1.92. The molecule has 0 aliphatic rings. The van der Waals surface area contributed by atoms with Crippen molar-refractivity contribution in [2.75, 3.05) is 5.73 Å². The molecule has 0 radical (unpaired) electrons. The number of rotatable bonds is 2. The van der Waals surface area contributed by atoms with E-state index < -0.39 is 0 Å². The van der Waals surface area contributed by atoms with Gasteiger partial charge in [-0.05, 0) is 25.1 Å². The third-order valence-corrected chi connectivity index (χ3v) is 2.96. The fourth-order valence-electron chi connectivity index (χ4n) is 1.14. The van der Waals surface area contributed by atoms with Crippen LogP contribution in [0.2, 0.25) is 5.02 Å². The van der Waals surface area contributed by atoms with Crippen LogP contribution in [0.1, 0.15) is 5.69 Å². The van der Waals surface area contributed by atoms with Crippen LogP contribution in [0.4, 0.5) is 15.8 Å². The van der Waals surface area contributed by atoms with Crippen molar-refractivity contribution < 1.29 is 0 Å². The third kappa shape index (κ3) is 2.56. The summed E-state index contributed by atoms with van der Waals surface area (Å²) < 4.78 is 0. The Morgan fingerprint density at radius 2 is 2.19 bits per heavy atom. The molecule has 0 spiro atoms. The molecule has 4 nitrogen and oxygen atoms in total. The van der Waals surface area contributed by atoms with E-state index in [1.807, 2.05) is 19.1 Å². The predicted octanol–water partition coefficient (Wildman–Crippen LogP) is 4.10. The SMILES string of the molecule is Cc1nc(N)sc1N=Nc1cccc(Cl)c1. The van der Waals surface area contributed by atoms with E-state index in [4.69, 9.17) is 17.3 Å². The lowest BCUT2D eigenvalue weighted by molar-refractivity contribution is 1.19. The molecular formula is C10H9ClN4S. The van der Waals surface area contributed by atoms with Crippen LogP contribution in [-0.4, -0.2) is 4.98 Å². The van der Waals surface area contributed by atoms with Crippen molar-refractivity contribution in [3.63, 3.8) is 0 Å². The number of nitrogens with two attached hydrogens (primary N) is 1. The lowest BCUT2D eigenvalue weighted by atomic mass is 10.3. The van der Waals surface area contributed by atoms with Gasteiger partial charge in [-0.2, -0.15) is 0 Å². The first-order valence-electron chi connectivity index (χ1n) is 4.55. The monoisotopic (exact) mass is 252 g/mol. The van der Waals surface area contributed by atoms with Gasteiger partial charge < -0.3 is 5.73 Å². The molecule has 16 heavy (non-hydrogen) atoms. The van der Waals surface area contributed by atoms with Gasteiger partial charge in [-0.1, -0.05) is 29.0 Å². The zero-order chi connectivity index (χ0) is 11.5. The molecule has 2 rings (SSSR count). The molecule has 1 aromatic heterocycles. The van der Waals surface area contributed by atoms with Gasteiger partial charge in [0.15, 0.2) is 10.1 Å². The molecule has 0 fully saturated rings. The Labute approximate surface area is 102 Å². The van der Waals surface area contributed by atoms with Crippen LogP contribution in [0.15, 0.2) is 34.5 Å². The Kier molecular flexibility index (Phi) is 3.17. The second kappa shape index (κ2) is 4.59. The van der Waals surface area contributed by atoms with Crippen molar-refractivity contribution in [1.82, 2.24) is 4.98 Å². The minimum atomic E-state index is 0.498. The van der Waals surface area contributed by atoms with Crippen molar-refractivity contribution in [2.45, 2.75) is 6.92 Å². The van der Waals surface area contributed by atoms with Crippen LogP contribution in [-0.2, 0) is 0 Å². The van der Waals surface area contributed by atoms with Gasteiger partial charge in [-0.3, -0.25) is 0 Å². The molecule has 0 bridgehead atoms. The van der Waals surface area contributed by atoms with Gasteiger partial charge in [0.25, 0.3) is 0 Å². The summed E-state index contributed by atoms with van der Waals surface area (Å²) in [7, 11) is 0. The molecule has 2 aromatic rings. The van der Waals surface area contributed by atoms with Crippen molar-refractivity contribution >= 4 is 38.8 Å². The van der Waals surface area contributed by atoms with Crippen LogP contribution < -0.4 is 5.73 Å². The summed E-state index contributed by atoms with van der Waals surface area (Å²) in [5, 5.41) is 10.0. The van der Waals surface area contributed by atoms with Crippen molar-refractivity contribution in [2.24, 2.45) is 10.2 Å². The summed E-state index contributed by atoms with van der Waals surface area (Å²) in [4.78, 5) is 4.06. The molecule has 0 atom stereocenters. The Morgan fingerprint density at radius 3 is 2.81 bits per heavy atom. The Balaban J connectivity index is 2.24. The van der Waals surface area contributed by atoms with Gasteiger partial charge in [0.05, 0.1) is 11.4 Å². The standard InChI is InChI=1S/C10H9ClN4S/c1-6-9(16-10(12)13-6)15-14-8-4-2-3-7(11)5-8/h2-5H,1H3,(H2,12,13). The molecule has 6 heteroatoms. The average molecular weight is 253 g/mol. The Hall–Kier alpha value is -1.46. The van der Waals surface area contributed by atoms with Gasteiger partial charge in [-0.15, -0.1) is 10.2 Å². The first-order valence-corrected chi connectivity index (χ1v) is 5.75. The maximum Gasteiger partial charge on any atom is 0.182 e. The number of aryl methyl sites for hydroxylation is 1. The number of nitrogen functional groups attached to an aromatic ring is 1. The first-order chi connectivity index (χ1) is 7.65. The van der Waals surface area contributed by atoms with E-state index >= 15 is 0 Å². The quantitative estimate of drug-likeness (QED) is 0.818. The first kappa shape index (κ1) is 11.0. The van der Waals surface area contributed by atoms with Crippen LogP contribution in [0, 0.1) is 6.92 Å². The molecular weight excluding hydrogens is 244 g/mol. The smallest absolute Gasteiger partial charge is 0.182 e. The number of azo groups is 1. The van der Waals surface area contributed by atoms with Gasteiger partial charge in [0, 0.05) is 5.02 Å². The number of aromatic nitrogens is 1. The zero-order valence-corrected chi connectivity index (χ0v) is 10.1. The highest BCUT2D eigenvalue weighted by Crippen LogP contribution is 2.30. The molecule has 0 unspecified atom stereocenters. The molecule has 0 amide bonds. The highest BCUT2D eigenvalue weighted by Gasteiger charge is 2.03. The molecule has 0 saturated carbocycles. The fourth-order valence-corrected chi connectivity index (χ4v) is 1.98. The van der Waals surface area contributed by atoms with Crippen LogP contribution in [0.3, 0.4) is 0 Å². The van der Waals surface area contributed by atoms with Crippen LogP contribution >= 0.6 is 22.9 Å². The normalized spacial score (nSPS) is 11.1. The number of halogens is 1. The third-order valence-electron chi connectivity index (χ3n) is 1.85. The molecule has 0 saturated heterocycles. The van der Waals surface area contributed by atoms with E-state index in [9.17, 15) is 0 Å². The summed E-state index contributed by atoms with van der Waals surface area (Å²) in [5.41, 5.74) is 7.05. The van der Waals surface area contributed by atoms with E-state index in [1.165, 1.54) is 11.3 Å². The van der Waals surface area contributed by atoms with Gasteiger partial charge in [-0.25, -0.2) is 4.98 Å². The molecule has 0 aliphatic heterocycles. The summed E-state index contributed by atoms with van der Waals surface area (Å²) >= 11 is 7.14. The largest absolute Gasteiger partial charge is 0.375 e. The number of thiazole rings is 1. The summed E-state index contributed by atoms with van der Waals surface area (Å²) in [6.07, 6.45) is 0. The molecule has 1 heterocycles. The van der Waals surface area contributed by atoms with Crippen molar-refractivity contribution in [3.8, 4) is 0 Å². The maximum atomic E-state index is 5.83. The van der Waals surface area contributed by atoms with E-state index in [-0.39, 0.29) is 0 Å². The fraction of sp³-hybridized carbons (Fsp3) is 0.100. The van der Waals surface area contributed by atoms with E-state index in [2.05, 4.69) is 15.2 Å². The van der Waals surface area contributed by atoms with E-state index in [0.717, 1.165) is 10.7 Å². The van der Waals surface area contributed by atoms with Crippen molar-refractivity contribution in [3.05, 3.63) is 35.0 Å². The number of anilines is 1. The second-order valence-electron chi connectivity index (χ2n) is 3.12. The number of nitrogens with zero attached hydrogens (tertiary/aromatic N) is 3. The van der Waals surface area contributed by atoms with Gasteiger partial charge in [0.2, 0.25) is 0 Å². The maximum absolute atomic E-state index is 5.83. The predicted molar refractivity (Wildman–Crippen MR) is 66.9 cm³/mol. The molecule has 0 aliphatic carbocycles. The molecule has 1 aromatic carbocycles. The lowest BCUT2D eigenvalue weighted by Crippen LogP contribution is -1.80. The Bertz CT molecular complexity index is 535. The van der Waals surface area contributed by atoms with Gasteiger partial charge >= 0.3 is 0 Å². The average Bonchev–Trinajstić information content (AvgIpc) is 2.54. The number of hydrogen-bond acceptors (Lipinski definition) is 5. The molecule has 2 N–H and O–H groups in total. The summed E-state index contributed by atoms with van der Waals surface area (Å²) in [5.74, 6) is 0. The second-order valence-corrected chi connectivity index (χ2v) is 4.57. The number of hydrogen-bond donors (Lipinski definition) is 1. The highest BCUT2D eigenvalue weighted by molar-refractivity contribution is 7.19. The Morgan fingerprint density at radius 1 is 1.38 bits per heavy atom. The minimum Gasteiger partial charge on any atom is -0.375 e. The zero-order valence-electron chi connectivity index (χ0n) is 8.51. The van der Waals surface area contributed by atoms with Crippen LogP contribution in [0.5, 0.6) is 0 Å².